The van der Waals surface area contributed by atoms with Gasteiger partial charge < -0.3 is 15.0 Å². The molecular weight excluding hydrogens is 340 g/mol. The third-order valence-corrected chi connectivity index (χ3v) is 5.19. The monoisotopic (exact) mass is 364 g/mol. The first kappa shape index (κ1) is 19.2. The molecule has 0 radical (unpaired) electrons. The lowest BCUT2D eigenvalue weighted by atomic mass is 10.1. The van der Waals surface area contributed by atoms with Crippen molar-refractivity contribution in [1.82, 2.24) is 9.88 Å². The fourth-order valence-electron chi connectivity index (χ4n) is 2.57. The number of aryl methyl sites for hydroxylation is 2. The van der Waals surface area contributed by atoms with E-state index in [1.807, 2.05) is 29.9 Å². The van der Waals surface area contributed by atoms with Gasteiger partial charge in [-0.2, -0.15) is 0 Å². The van der Waals surface area contributed by atoms with Crippen LogP contribution in [0.2, 0.25) is 0 Å². The van der Waals surface area contributed by atoms with Crippen LogP contribution in [-0.4, -0.2) is 36.8 Å². The molecule has 6 nitrogen and oxygen atoms in total. The number of benzene rings is 1. The molecule has 0 aliphatic carbocycles. The van der Waals surface area contributed by atoms with E-state index in [0.29, 0.717) is 25.8 Å². The van der Waals surface area contributed by atoms with Crippen LogP contribution in [0.3, 0.4) is 0 Å². The summed E-state index contributed by atoms with van der Waals surface area (Å²) in [4.78, 5) is 12.2. The van der Waals surface area contributed by atoms with Gasteiger partial charge in [0.1, 0.15) is 0 Å². The fourth-order valence-corrected chi connectivity index (χ4v) is 3.20. The molecule has 136 valence electrons. The Morgan fingerprint density at radius 1 is 1.24 bits per heavy atom. The van der Waals surface area contributed by atoms with Gasteiger partial charge in [-0.1, -0.05) is 12.1 Å². The summed E-state index contributed by atoms with van der Waals surface area (Å²) in [6.07, 6.45) is 3.73. The maximum absolute atomic E-state index is 11.9. The van der Waals surface area contributed by atoms with Crippen molar-refractivity contribution in [2.24, 2.45) is 7.05 Å². The molecule has 1 atom stereocenters. The molecule has 1 heterocycles. The molecule has 0 saturated carbocycles. The summed E-state index contributed by atoms with van der Waals surface area (Å²) in [5.41, 5.74) is 1.73. The van der Waals surface area contributed by atoms with Crippen molar-refractivity contribution < 1.29 is 18.3 Å². The Labute approximate surface area is 148 Å². The highest BCUT2D eigenvalue weighted by atomic mass is 32.2. The first-order valence-electron chi connectivity index (χ1n) is 8.12. The summed E-state index contributed by atoms with van der Waals surface area (Å²) in [6, 6.07) is 10.3. The van der Waals surface area contributed by atoms with Gasteiger partial charge in [-0.05, 0) is 42.7 Å². The number of nitrogens with one attached hydrogen (secondary N) is 1. The number of carbonyl (C=O) groups excluding carboxylic acids is 1. The van der Waals surface area contributed by atoms with Gasteiger partial charge in [0.15, 0.2) is 9.84 Å². The number of rotatable bonds is 8. The van der Waals surface area contributed by atoms with Gasteiger partial charge in [-0.15, -0.1) is 0 Å². The number of amides is 1. The van der Waals surface area contributed by atoms with Gasteiger partial charge in [-0.3, -0.25) is 4.79 Å². The lowest BCUT2D eigenvalue weighted by molar-refractivity contribution is -0.121. The molecule has 1 aromatic carbocycles. The van der Waals surface area contributed by atoms with Crippen LogP contribution in [0, 0.1) is 0 Å². The summed E-state index contributed by atoms with van der Waals surface area (Å²) in [5.74, 6) is -0.0914. The first-order chi connectivity index (χ1) is 11.8. The lowest BCUT2D eigenvalue weighted by Crippen LogP contribution is -2.26. The van der Waals surface area contributed by atoms with Crippen LogP contribution in [-0.2, 0) is 28.1 Å². The number of hydrogen-bond acceptors (Lipinski definition) is 4. The SMILES string of the molecule is Cn1cccc1C(O)CCNC(=O)CCc1ccc(S(C)(=O)=O)cc1. The molecule has 0 fully saturated rings. The minimum Gasteiger partial charge on any atom is -0.387 e. The quantitative estimate of drug-likeness (QED) is 0.745. The van der Waals surface area contributed by atoms with E-state index < -0.39 is 15.9 Å². The minimum absolute atomic E-state index is 0.0914. The maximum atomic E-state index is 11.9. The maximum Gasteiger partial charge on any atom is 0.220 e. The van der Waals surface area contributed by atoms with Gasteiger partial charge in [0.2, 0.25) is 5.91 Å². The zero-order valence-corrected chi connectivity index (χ0v) is 15.3. The van der Waals surface area contributed by atoms with E-state index in [1.165, 1.54) is 6.26 Å². The third kappa shape index (κ3) is 5.72. The van der Waals surface area contributed by atoms with Crippen molar-refractivity contribution in [1.29, 1.82) is 0 Å². The van der Waals surface area contributed by atoms with Crippen LogP contribution in [0.25, 0.3) is 0 Å². The first-order valence-corrected chi connectivity index (χ1v) is 10.0. The predicted octanol–water partition coefficient (Wildman–Crippen LogP) is 1.60. The lowest BCUT2D eigenvalue weighted by Gasteiger charge is -2.12. The Morgan fingerprint density at radius 2 is 1.92 bits per heavy atom. The average Bonchev–Trinajstić information content (AvgIpc) is 2.98. The Kier molecular flexibility index (Phi) is 6.39. The summed E-state index contributed by atoms with van der Waals surface area (Å²) in [5, 5.41) is 12.9. The standard InChI is InChI=1S/C18H24N2O4S/c1-20-13-3-4-16(20)17(21)11-12-19-18(22)10-7-14-5-8-15(9-6-14)25(2,23)24/h3-6,8-9,13,17,21H,7,10-12H2,1-2H3,(H,19,22). The summed E-state index contributed by atoms with van der Waals surface area (Å²) in [7, 11) is -1.33. The largest absolute Gasteiger partial charge is 0.387 e. The summed E-state index contributed by atoms with van der Waals surface area (Å²) in [6.45, 7) is 0.401. The molecule has 2 rings (SSSR count). The minimum atomic E-state index is -3.20. The molecule has 0 bridgehead atoms. The number of carbonyl (C=O) groups is 1. The van der Waals surface area contributed by atoms with Crippen molar-refractivity contribution in [2.45, 2.75) is 30.3 Å². The van der Waals surface area contributed by atoms with E-state index in [0.717, 1.165) is 11.3 Å². The number of aliphatic hydroxyl groups is 1. The molecule has 0 aliphatic heterocycles. The molecule has 2 aromatic rings. The van der Waals surface area contributed by atoms with Crippen molar-refractivity contribution in [3.63, 3.8) is 0 Å². The molecule has 0 spiro atoms. The van der Waals surface area contributed by atoms with E-state index in [2.05, 4.69) is 5.32 Å². The van der Waals surface area contributed by atoms with Gasteiger partial charge >= 0.3 is 0 Å². The van der Waals surface area contributed by atoms with E-state index in [9.17, 15) is 18.3 Å². The topological polar surface area (TPSA) is 88.4 Å². The zero-order chi connectivity index (χ0) is 18.4. The smallest absolute Gasteiger partial charge is 0.220 e. The molecule has 0 aliphatic rings. The van der Waals surface area contributed by atoms with Crippen LogP contribution >= 0.6 is 0 Å². The summed E-state index contributed by atoms with van der Waals surface area (Å²) >= 11 is 0. The predicted molar refractivity (Wildman–Crippen MR) is 95.9 cm³/mol. The average molecular weight is 364 g/mol. The molecular formula is C18H24N2O4S. The Balaban J connectivity index is 1.73. The zero-order valence-electron chi connectivity index (χ0n) is 14.5. The normalized spacial score (nSPS) is 12.8. The molecule has 0 saturated heterocycles. The Morgan fingerprint density at radius 3 is 2.48 bits per heavy atom. The Bertz CT molecular complexity index is 810. The summed E-state index contributed by atoms with van der Waals surface area (Å²) < 4.78 is 24.7. The highest BCUT2D eigenvalue weighted by Gasteiger charge is 2.11. The molecule has 1 unspecified atom stereocenters. The van der Waals surface area contributed by atoms with Gasteiger partial charge in [-0.25, -0.2) is 8.42 Å². The van der Waals surface area contributed by atoms with E-state index in [1.54, 1.807) is 24.3 Å². The second-order valence-electron chi connectivity index (χ2n) is 6.11. The number of hydrogen-bond donors (Lipinski definition) is 2. The molecule has 7 heteroatoms. The molecule has 2 N–H and O–H groups in total. The number of sulfone groups is 1. The second-order valence-corrected chi connectivity index (χ2v) is 8.13. The van der Waals surface area contributed by atoms with Gasteiger partial charge in [0, 0.05) is 38.2 Å². The van der Waals surface area contributed by atoms with Crippen LogP contribution in [0.5, 0.6) is 0 Å². The van der Waals surface area contributed by atoms with Gasteiger partial charge in [0.05, 0.1) is 11.0 Å². The van der Waals surface area contributed by atoms with E-state index >= 15 is 0 Å². The van der Waals surface area contributed by atoms with E-state index in [-0.39, 0.29) is 10.8 Å². The van der Waals surface area contributed by atoms with Crippen molar-refractivity contribution in [3.05, 3.63) is 53.9 Å². The highest BCUT2D eigenvalue weighted by molar-refractivity contribution is 7.90. The third-order valence-electron chi connectivity index (χ3n) is 4.06. The molecule has 1 aromatic heterocycles. The molecule has 1 amide bonds. The number of nitrogens with zero attached hydrogens (tertiary/aromatic N) is 1. The van der Waals surface area contributed by atoms with Crippen LogP contribution in [0.15, 0.2) is 47.5 Å². The van der Waals surface area contributed by atoms with E-state index in [4.69, 9.17) is 0 Å². The molecule has 25 heavy (non-hydrogen) atoms. The highest BCUT2D eigenvalue weighted by Crippen LogP contribution is 2.15. The van der Waals surface area contributed by atoms with Crippen molar-refractivity contribution in [2.75, 3.05) is 12.8 Å². The second kappa shape index (κ2) is 8.31. The van der Waals surface area contributed by atoms with Crippen LogP contribution in [0.4, 0.5) is 0 Å². The Hall–Kier alpha value is -2.12. The van der Waals surface area contributed by atoms with Crippen molar-refractivity contribution >= 4 is 15.7 Å². The van der Waals surface area contributed by atoms with Crippen LogP contribution in [0.1, 0.15) is 30.2 Å². The van der Waals surface area contributed by atoms with Crippen molar-refractivity contribution in [3.8, 4) is 0 Å². The van der Waals surface area contributed by atoms with Gasteiger partial charge in [0.25, 0.3) is 0 Å². The number of aliphatic hydroxyl groups excluding tert-OH is 1. The number of aromatic nitrogens is 1. The fraction of sp³-hybridized carbons (Fsp3) is 0.389. The van der Waals surface area contributed by atoms with Crippen LogP contribution < -0.4 is 5.32 Å².